The van der Waals surface area contributed by atoms with Crippen LogP contribution in [0.4, 0.5) is 15.9 Å². The molecule has 2 aromatic carbocycles. The first-order chi connectivity index (χ1) is 12.9. The second kappa shape index (κ2) is 8.18. The molecular weight excluding hydrogens is 365 g/mol. The number of rotatable bonds is 7. The molecule has 0 saturated carbocycles. The number of aryl methyl sites for hydroxylation is 1. The van der Waals surface area contributed by atoms with E-state index in [0.29, 0.717) is 18.5 Å². The van der Waals surface area contributed by atoms with Gasteiger partial charge in [-0.3, -0.25) is 4.72 Å². The van der Waals surface area contributed by atoms with E-state index in [-0.39, 0.29) is 16.5 Å². The Morgan fingerprint density at radius 2 is 1.74 bits per heavy atom. The predicted octanol–water partition coefficient (Wildman–Crippen LogP) is 3.98. The quantitative estimate of drug-likeness (QED) is 0.645. The molecule has 5 nitrogen and oxygen atoms in total. The molecule has 7 heteroatoms. The van der Waals surface area contributed by atoms with Crippen molar-refractivity contribution in [2.75, 3.05) is 16.6 Å². The van der Waals surface area contributed by atoms with Gasteiger partial charge >= 0.3 is 0 Å². The smallest absolute Gasteiger partial charge is 0.263 e. The molecule has 0 atom stereocenters. The van der Waals surface area contributed by atoms with Crippen LogP contribution in [0.5, 0.6) is 0 Å². The Bertz CT molecular complexity index is 1000. The zero-order chi connectivity index (χ0) is 19.3. The minimum atomic E-state index is -3.68. The van der Waals surface area contributed by atoms with Crippen molar-refractivity contribution in [2.24, 2.45) is 0 Å². The Balaban J connectivity index is 1.58. The minimum Gasteiger partial charge on any atom is -0.383 e. The van der Waals surface area contributed by atoms with Gasteiger partial charge in [-0.25, -0.2) is 17.8 Å². The standard InChI is InChI=1S/C20H20FN3O2S/c1-15-6-9-18(10-7-15)27(25,26)24-20-11-8-17(14-23-20)22-13-12-16-4-2-3-5-19(16)21/h2-11,14,22H,12-13H2,1H3,(H,23,24). The van der Waals surface area contributed by atoms with E-state index in [9.17, 15) is 12.8 Å². The summed E-state index contributed by atoms with van der Waals surface area (Å²) in [7, 11) is -3.68. The van der Waals surface area contributed by atoms with E-state index in [1.807, 2.05) is 6.92 Å². The number of benzene rings is 2. The van der Waals surface area contributed by atoms with Crippen molar-refractivity contribution in [3.05, 3.63) is 83.8 Å². The van der Waals surface area contributed by atoms with E-state index in [0.717, 1.165) is 11.3 Å². The molecule has 140 valence electrons. The van der Waals surface area contributed by atoms with Gasteiger partial charge in [-0.05, 0) is 49.2 Å². The van der Waals surface area contributed by atoms with Gasteiger partial charge in [-0.15, -0.1) is 0 Å². The van der Waals surface area contributed by atoms with Gasteiger partial charge in [0.25, 0.3) is 10.0 Å². The van der Waals surface area contributed by atoms with Crippen LogP contribution in [0.1, 0.15) is 11.1 Å². The Morgan fingerprint density at radius 3 is 2.41 bits per heavy atom. The molecule has 0 spiro atoms. The number of anilines is 2. The summed E-state index contributed by atoms with van der Waals surface area (Å²) in [6.07, 6.45) is 2.07. The van der Waals surface area contributed by atoms with E-state index in [1.165, 1.54) is 12.3 Å². The van der Waals surface area contributed by atoms with Gasteiger partial charge in [-0.2, -0.15) is 0 Å². The van der Waals surface area contributed by atoms with Crippen LogP contribution < -0.4 is 10.0 Å². The largest absolute Gasteiger partial charge is 0.383 e. The van der Waals surface area contributed by atoms with Crippen LogP contribution in [0.15, 0.2) is 71.8 Å². The average Bonchev–Trinajstić information content (AvgIpc) is 2.65. The number of nitrogens with one attached hydrogen (secondary N) is 2. The molecule has 3 rings (SSSR count). The van der Waals surface area contributed by atoms with E-state index >= 15 is 0 Å². The summed E-state index contributed by atoms with van der Waals surface area (Å²) in [6, 6.07) is 16.5. The average molecular weight is 385 g/mol. The molecule has 0 fully saturated rings. The highest BCUT2D eigenvalue weighted by molar-refractivity contribution is 7.92. The van der Waals surface area contributed by atoms with Gasteiger partial charge < -0.3 is 5.32 Å². The zero-order valence-electron chi connectivity index (χ0n) is 14.8. The van der Waals surface area contributed by atoms with Crippen LogP contribution in [0.25, 0.3) is 0 Å². The number of pyridine rings is 1. The normalized spacial score (nSPS) is 11.2. The molecule has 1 heterocycles. The maximum absolute atomic E-state index is 13.6. The maximum atomic E-state index is 13.6. The highest BCUT2D eigenvalue weighted by Crippen LogP contribution is 2.16. The second-order valence-corrected chi connectivity index (χ2v) is 7.80. The molecule has 0 aliphatic heterocycles. The van der Waals surface area contributed by atoms with Crippen LogP contribution in [-0.4, -0.2) is 19.9 Å². The number of halogens is 1. The van der Waals surface area contributed by atoms with Gasteiger partial charge in [0.1, 0.15) is 11.6 Å². The second-order valence-electron chi connectivity index (χ2n) is 6.12. The molecule has 0 saturated heterocycles. The van der Waals surface area contributed by atoms with Gasteiger partial charge in [-0.1, -0.05) is 35.9 Å². The molecule has 0 aliphatic rings. The summed E-state index contributed by atoms with van der Waals surface area (Å²) in [5.74, 6) is 0.00788. The van der Waals surface area contributed by atoms with Crippen LogP contribution in [0.3, 0.4) is 0 Å². The lowest BCUT2D eigenvalue weighted by Gasteiger charge is -2.10. The van der Waals surface area contributed by atoms with Crippen molar-refractivity contribution in [3.63, 3.8) is 0 Å². The van der Waals surface area contributed by atoms with Gasteiger partial charge in [0.15, 0.2) is 0 Å². The van der Waals surface area contributed by atoms with Gasteiger partial charge in [0.2, 0.25) is 0 Å². The van der Waals surface area contributed by atoms with Crippen molar-refractivity contribution < 1.29 is 12.8 Å². The SMILES string of the molecule is Cc1ccc(S(=O)(=O)Nc2ccc(NCCc3ccccc3F)cn2)cc1. The number of nitrogens with zero attached hydrogens (tertiary/aromatic N) is 1. The summed E-state index contributed by atoms with van der Waals surface area (Å²) in [5, 5.41) is 3.14. The third-order valence-electron chi connectivity index (χ3n) is 4.01. The summed E-state index contributed by atoms with van der Waals surface area (Å²) in [4.78, 5) is 4.31. The monoisotopic (exact) mass is 385 g/mol. The fourth-order valence-electron chi connectivity index (χ4n) is 2.52. The van der Waals surface area contributed by atoms with Crippen LogP contribution in [0.2, 0.25) is 0 Å². The Hall–Kier alpha value is -2.93. The molecule has 2 N–H and O–H groups in total. The fraction of sp³-hybridized carbons (Fsp3) is 0.150. The van der Waals surface area contributed by atoms with Gasteiger partial charge in [0.05, 0.1) is 16.8 Å². The number of aromatic nitrogens is 1. The molecule has 0 unspecified atom stereocenters. The van der Waals surface area contributed by atoms with Crippen molar-refractivity contribution >= 4 is 21.5 Å². The molecular formula is C20H20FN3O2S. The topological polar surface area (TPSA) is 71.1 Å². The van der Waals surface area contributed by atoms with Crippen molar-refractivity contribution in [2.45, 2.75) is 18.2 Å². The molecule has 0 aliphatic carbocycles. The highest BCUT2D eigenvalue weighted by Gasteiger charge is 2.14. The Kier molecular flexibility index (Phi) is 5.71. The lowest BCUT2D eigenvalue weighted by atomic mass is 10.1. The lowest BCUT2D eigenvalue weighted by Crippen LogP contribution is -2.14. The van der Waals surface area contributed by atoms with Crippen molar-refractivity contribution in [1.29, 1.82) is 0 Å². The lowest BCUT2D eigenvalue weighted by molar-refractivity contribution is 0.601. The first-order valence-electron chi connectivity index (χ1n) is 8.47. The summed E-state index contributed by atoms with van der Waals surface area (Å²) >= 11 is 0. The molecule has 0 bridgehead atoms. The van der Waals surface area contributed by atoms with Crippen molar-refractivity contribution in [1.82, 2.24) is 4.98 Å². The van der Waals surface area contributed by atoms with Crippen molar-refractivity contribution in [3.8, 4) is 0 Å². The minimum absolute atomic E-state index is 0.182. The van der Waals surface area contributed by atoms with E-state index in [4.69, 9.17) is 0 Å². The first-order valence-corrected chi connectivity index (χ1v) is 9.95. The third kappa shape index (κ3) is 5.04. The first kappa shape index (κ1) is 18.8. The fourth-order valence-corrected chi connectivity index (χ4v) is 3.52. The van der Waals surface area contributed by atoms with E-state index in [1.54, 1.807) is 54.6 Å². The maximum Gasteiger partial charge on any atom is 0.263 e. The highest BCUT2D eigenvalue weighted by atomic mass is 32.2. The van der Waals surface area contributed by atoms with Crippen LogP contribution >= 0.6 is 0 Å². The van der Waals surface area contributed by atoms with E-state index < -0.39 is 10.0 Å². The predicted molar refractivity (Wildman–Crippen MR) is 105 cm³/mol. The summed E-state index contributed by atoms with van der Waals surface area (Å²) in [6.45, 7) is 2.43. The number of hydrogen-bond donors (Lipinski definition) is 2. The molecule has 27 heavy (non-hydrogen) atoms. The zero-order valence-corrected chi connectivity index (χ0v) is 15.6. The summed E-state index contributed by atoms with van der Waals surface area (Å²) < 4.78 is 40.7. The van der Waals surface area contributed by atoms with Crippen LogP contribution in [-0.2, 0) is 16.4 Å². The number of hydrogen-bond acceptors (Lipinski definition) is 4. The third-order valence-corrected chi connectivity index (χ3v) is 5.39. The Labute approximate surface area is 158 Å². The molecule has 3 aromatic rings. The molecule has 0 radical (unpaired) electrons. The van der Waals surface area contributed by atoms with Crippen LogP contribution in [0, 0.1) is 12.7 Å². The van der Waals surface area contributed by atoms with Gasteiger partial charge in [0, 0.05) is 6.54 Å². The van der Waals surface area contributed by atoms with E-state index in [2.05, 4.69) is 15.0 Å². The molecule has 1 aromatic heterocycles. The molecule has 0 amide bonds. The Morgan fingerprint density at radius 1 is 1.00 bits per heavy atom. The summed E-state index contributed by atoms with van der Waals surface area (Å²) in [5.41, 5.74) is 2.35. The number of sulfonamides is 1.